The lowest BCUT2D eigenvalue weighted by molar-refractivity contribution is -0.163. The van der Waals surface area contributed by atoms with E-state index in [1.807, 2.05) is 13.8 Å². The molecule has 0 spiro atoms. The Morgan fingerprint density at radius 2 is 1.83 bits per heavy atom. The summed E-state index contributed by atoms with van der Waals surface area (Å²) >= 11 is 0. The van der Waals surface area contributed by atoms with E-state index in [2.05, 4.69) is 4.74 Å². The molecule has 0 aliphatic rings. The summed E-state index contributed by atoms with van der Waals surface area (Å²) in [5.74, 6) is 0. The van der Waals surface area contributed by atoms with Gasteiger partial charge in [-0.05, 0) is 12.8 Å². The normalized spacial score (nSPS) is 11.7. The highest BCUT2D eigenvalue weighted by Gasteiger charge is 2.31. The van der Waals surface area contributed by atoms with E-state index in [1.165, 1.54) is 12.0 Å². The molecule has 0 aliphatic heterocycles. The monoisotopic (exact) mass is 271 g/mol. The first kappa shape index (κ1) is 17.0. The van der Waals surface area contributed by atoms with Crippen LogP contribution in [0.1, 0.15) is 26.7 Å². The van der Waals surface area contributed by atoms with Gasteiger partial charge in [0, 0.05) is 19.7 Å². The zero-order valence-electron chi connectivity index (χ0n) is 10.9. The van der Waals surface area contributed by atoms with Crippen LogP contribution in [0.2, 0.25) is 0 Å². The van der Waals surface area contributed by atoms with Crippen LogP contribution < -0.4 is 0 Å². The number of rotatable bonds is 7. The molecule has 4 nitrogen and oxygen atoms in total. The highest BCUT2D eigenvalue weighted by atomic mass is 19.4. The number of nitrogens with zero attached hydrogens (tertiary/aromatic N) is 1. The van der Waals surface area contributed by atoms with Gasteiger partial charge in [-0.25, -0.2) is 4.79 Å². The Morgan fingerprint density at radius 1 is 1.28 bits per heavy atom. The van der Waals surface area contributed by atoms with Crippen molar-refractivity contribution in [3.05, 3.63) is 0 Å². The van der Waals surface area contributed by atoms with Crippen molar-refractivity contribution in [2.45, 2.75) is 38.9 Å². The molecular weight excluding hydrogens is 251 g/mol. The molecule has 0 unspecified atom stereocenters. The summed E-state index contributed by atoms with van der Waals surface area (Å²) < 4.78 is 45.0. The summed E-state index contributed by atoms with van der Waals surface area (Å²) in [5, 5.41) is 0. The fourth-order valence-corrected chi connectivity index (χ4v) is 1.57. The smallest absolute Gasteiger partial charge is 0.422 e. The lowest BCUT2D eigenvalue weighted by atomic mass is 10.1. The van der Waals surface area contributed by atoms with E-state index in [0.717, 1.165) is 0 Å². The standard InChI is InChI=1S/C11H20F3NO3/c1-4-9(5-2)15(6-7-17-3)10(16)18-8-11(12,13)14/h9H,4-8H2,1-3H3. The quantitative estimate of drug-likeness (QED) is 0.714. The maximum absolute atomic E-state index is 12.0. The molecule has 0 rings (SSSR count). The second kappa shape index (κ2) is 8.18. The molecule has 0 heterocycles. The Morgan fingerprint density at radius 3 is 2.22 bits per heavy atom. The molecule has 0 bridgehead atoms. The van der Waals surface area contributed by atoms with Crippen molar-refractivity contribution in [2.24, 2.45) is 0 Å². The molecule has 0 saturated heterocycles. The Hall–Kier alpha value is -0.980. The van der Waals surface area contributed by atoms with Gasteiger partial charge in [-0.15, -0.1) is 0 Å². The fraction of sp³-hybridized carbons (Fsp3) is 0.909. The first-order valence-electron chi connectivity index (χ1n) is 5.84. The van der Waals surface area contributed by atoms with Gasteiger partial charge in [-0.3, -0.25) is 0 Å². The van der Waals surface area contributed by atoms with Crippen LogP contribution in [-0.4, -0.2) is 50.1 Å². The number of alkyl halides is 3. The molecule has 18 heavy (non-hydrogen) atoms. The predicted molar refractivity (Wildman–Crippen MR) is 60.4 cm³/mol. The van der Waals surface area contributed by atoms with Crippen LogP contribution in [0, 0.1) is 0 Å². The molecule has 108 valence electrons. The van der Waals surface area contributed by atoms with Gasteiger partial charge in [-0.1, -0.05) is 13.8 Å². The second-order valence-electron chi connectivity index (χ2n) is 3.83. The van der Waals surface area contributed by atoms with Crippen molar-refractivity contribution < 1.29 is 27.4 Å². The molecule has 0 radical (unpaired) electrons. The van der Waals surface area contributed by atoms with Gasteiger partial charge in [0.05, 0.1) is 6.61 Å². The summed E-state index contributed by atoms with van der Waals surface area (Å²) in [4.78, 5) is 12.9. The summed E-state index contributed by atoms with van der Waals surface area (Å²) in [6.45, 7) is 2.66. The van der Waals surface area contributed by atoms with Gasteiger partial charge >= 0.3 is 12.3 Å². The van der Waals surface area contributed by atoms with Crippen LogP contribution in [0.5, 0.6) is 0 Å². The third kappa shape index (κ3) is 6.68. The predicted octanol–water partition coefficient (Wildman–Crippen LogP) is 2.82. The van der Waals surface area contributed by atoms with Gasteiger partial charge in [0.2, 0.25) is 0 Å². The van der Waals surface area contributed by atoms with E-state index in [9.17, 15) is 18.0 Å². The maximum atomic E-state index is 12.0. The number of methoxy groups -OCH3 is 1. The zero-order chi connectivity index (χ0) is 14.2. The fourth-order valence-electron chi connectivity index (χ4n) is 1.57. The lowest BCUT2D eigenvalue weighted by Gasteiger charge is -2.29. The Balaban J connectivity index is 4.48. The van der Waals surface area contributed by atoms with Crippen LogP contribution in [0.4, 0.5) is 18.0 Å². The number of halogens is 3. The number of amides is 1. The molecular formula is C11H20F3NO3. The van der Waals surface area contributed by atoms with Gasteiger partial charge in [0.1, 0.15) is 0 Å². The van der Waals surface area contributed by atoms with Crippen molar-refractivity contribution in [3.63, 3.8) is 0 Å². The molecule has 0 N–H and O–H groups in total. The first-order chi connectivity index (χ1) is 8.35. The SMILES string of the molecule is CCC(CC)N(CCOC)C(=O)OCC(F)(F)F. The molecule has 0 aromatic heterocycles. The van der Waals surface area contributed by atoms with Crippen LogP contribution in [0.25, 0.3) is 0 Å². The minimum absolute atomic E-state index is 0.138. The van der Waals surface area contributed by atoms with E-state index >= 15 is 0 Å². The van der Waals surface area contributed by atoms with Crippen LogP contribution in [0.3, 0.4) is 0 Å². The molecule has 0 aromatic rings. The molecule has 0 aromatic carbocycles. The van der Waals surface area contributed by atoms with E-state index < -0.39 is 18.9 Å². The van der Waals surface area contributed by atoms with Gasteiger partial charge in [0.15, 0.2) is 6.61 Å². The second-order valence-corrected chi connectivity index (χ2v) is 3.83. The van der Waals surface area contributed by atoms with E-state index in [4.69, 9.17) is 4.74 Å². The molecule has 0 saturated carbocycles. The number of hydrogen-bond acceptors (Lipinski definition) is 3. The Kier molecular flexibility index (Phi) is 7.73. The topological polar surface area (TPSA) is 38.8 Å². The number of carbonyl (C=O) groups is 1. The minimum Gasteiger partial charge on any atom is -0.440 e. The summed E-state index contributed by atoms with van der Waals surface area (Å²) in [7, 11) is 1.46. The van der Waals surface area contributed by atoms with Crippen molar-refractivity contribution in [3.8, 4) is 0 Å². The summed E-state index contributed by atoms with van der Waals surface area (Å²) in [6, 6.07) is -0.138. The molecule has 7 heteroatoms. The van der Waals surface area contributed by atoms with E-state index in [-0.39, 0.29) is 19.2 Å². The van der Waals surface area contributed by atoms with Gasteiger partial charge in [0.25, 0.3) is 0 Å². The van der Waals surface area contributed by atoms with E-state index in [1.54, 1.807) is 0 Å². The Labute approximate surface area is 105 Å². The van der Waals surface area contributed by atoms with Crippen molar-refractivity contribution in [1.29, 1.82) is 0 Å². The summed E-state index contributed by atoms with van der Waals surface area (Å²) in [5.41, 5.74) is 0. The van der Waals surface area contributed by atoms with Crippen molar-refractivity contribution in [1.82, 2.24) is 4.90 Å². The third-order valence-corrected chi connectivity index (χ3v) is 2.51. The molecule has 0 atom stereocenters. The molecule has 0 fully saturated rings. The van der Waals surface area contributed by atoms with Crippen LogP contribution in [-0.2, 0) is 9.47 Å². The van der Waals surface area contributed by atoms with Crippen molar-refractivity contribution >= 4 is 6.09 Å². The van der Waals surface area contributed by atoms with Crippen LogP contribution in [0.15, 0.2) is 0 Å². The lowest BCUT2D eigenvalue weighted by Crippen LogP contribution is -2.43. The summed E-state index contributed by atoms with van der Waals surface area (Å²) in [6.07, 6.45) is -4.14. The zero-order valence-corrected chi connectivity index (χ0v) is 10.9. The maximum Gasteiger partial charge on any atom is 0.422 e. The van der Waals surface area contributed by atoms with Gasteiger partial charge < -0.3 is 14.4 Å². The van der Waals surface area contributed by atoms with Crippen molar-refractivity contribution in [2.75, 3.05) is 26.9 Å². The Bertz CT molecular complexity index is 242. The molecule has 0 aliphatic carbocycles. The number of hydrogen-bond donors (Lipinski definition) is 0. The number of ether oxygens (including phenoxy) is 2. The first-order valence-corrected chi connectivity index (χ1v) is 5.84. The average Bonchev–Trinajstić information content (AvgIpc) is 2.30. The van der Waals surface area contributed by atoms with Gasteiger partial charge in [-0.2, -0.15) is 13.2 Å². The van der Waals surface area contributed by atoms with Crippen LogP contribution >= 0.6 is 0 Å². The van der Waals surface area contributed by atoms with E-state index in [0.29, 0.717) is 12.8 Å². The largest absolute Gasteiger partial charge is 0.440 e. The average molecular weight is 271 g/mol. The highest BCUT2D eigenvalue weighted by molar-refractivity contribution is 5.68. The minimum atomic E-state index is -4.50. The molecule has 1 amide bonds. The number of carbonyl (C=O) groups excluding carboxylic acids is 1. The highest BCUT2D eigenvalue weighted by Crippen LogP contribution is 2.16. The third-order valence-electron chi connectivity index (χ3n) is 2.51.